The molecule has 84 valence electrons. The lowest BCUT2D eigenvalue weighted by molar-refractivity contribution is 0.0651. The maximum Gasteiger partial charge on any atom is 0.153 e. The van der Waals surface area contributed by atoms with Crippen LogP contribution in [0.25, 0.3) is 0 Å². The molecule has 1 N–H and O–H groups in total. The predicted octanol–water partition coefficient (Wildman–Crippen LogP) is -1.09. The van der Waals surface area contributed by atoms with Crippen molar-refractivity contribution in [2.24, 2.45) is 7.05 Å². The van der Waals surface area contributed by atoms with Crippen LogP contribution in [0.5, 0.6) is 0 Å². The van der Waals surface area contributed by atoms with Gasteiger partial charge < -0.3 is 5.11 Å². The lowest BCUT2D eigenvalue weighted by Crippen LogP contribution is -2.33. The first-order chi connectivity index (χ1) is 6.90. The second-order valence-corrected chi connectivity index (χ2v) is 6.23. The van der Waals surface area contributed by atoms with Crippen molar-refractivity contribution in [1.29, 1.82) is 0 Å². The molecule has 2 rings (SSSR count). The van der Waals surface area contributed by atoms with Gasteiger partial charge in [-0.15, -0.1) is 0 Å². The van der Waals surface area contributed by atoms with Crippen LogP contribution >= 0.6 is 0 Å². The van der Waals surface area contributed by atoms with Gasteiger partial charge >= 0.3 is 0 Å². The fourth-order valence-electron chi connectivity index (χ4n) is 1.81. The molecule has 6 nitrogen and oxygen atoms in total. The van der Waals surface area contributed by atoms with Gasteiger partial charge in [-0.05, 0) is 6.42 Å². The molecule has 0 aromatic carbocycles. The van der Waals surface area contributed by atoms with E-state index in [2.05, 4.69) is 10.1 Å². The lowest BCUT2D eigenvalue weighted by atomic mass is 9.99. The van der Waals surface area contributed by atoms with E-state index < -0.39 is 15.4 Å². The van der Waals surface area contributed by atoms with Gasteiger partial charge in [0.2, 0.25) is 0 Å². The number of aromatic nitrogens is 3. The van der Waals surface area contributed by atoms with Crippen LogP contribution in [-0.2, 0) is 23.3 Å². The number of aliphatic hydroxyl groups is 1. The molecular weight excluding hydrogens is 218 g/mol. The van der Waals surface area contributed by atoms with Gasteiger partial charge in [-0.1, -0.05) is 0 Å². The molecule has 0 saturated carbocycles. The molecule has 1 fully saturated rings. The van der Waals surface area contributed by atoms with Gasteiger partial charge in [0.15, 0.2) is 9.84 Å². The molecule has 1 saturated heterocycles. The van der Waals surface area contributed by atoms with Crippen molar-refractivity contribution in [1.82, 2.24) is 14.8 Å². The van der Waals surface area contributed by atoms with Gasteiger partial charge in [0.05, 0.1) is 17.1 Å². The first-order valence-corrected chi connectivity index (χ1v) is 6.48. The van der Waals surface area contributed by atoms with Crippen LogP contribution in [0.1, 0.15) is 12.2 Å². The van der Waals surface area contributed by atoms with Crippen molar-refractivity contribution >= 4 is 9.84 Å². The Labute approximate surface area is 87.9 Å². The third kappa shape index (κ3) is 2.18. The first-order valence-electron chi connectivity index (χ1n) is 4.66. The molecule has 0 radical (unpaired) electrons. The first kappa shape index (κ1) is 10.6. The molecule has 1 aliphatic heterocycles. The molecule has 0 spiro atoms. The van der Waals surface area contributed by atoms with Gasteiger partial charge in [0.25, 0.3) is 0 Å². The van der Waals surface area contributed by atoms with E-state index in [0.717, 1.165) is 0 Å². The van der Waals surface area contributed by atoms with Gasteiger partial charge in [-0.25, -0.2) is 13.4 Å². The summed E-state index contributed by atoms with van der Waals surface area (Å²) in [5, 5.41) is 13.9. The minimum absolute atomic E-state index is 0.0569. The van der Waals surface area contributed by atoms with Crippen LogP contribution in [0.2, 0.25) is 0 Å². The van der Waals surface area contributed by atoms with Crippen LogP contribution in [0.15, 0.2) is 6.33 Å². The summed E-state index contributed by atoms with van der Waals surface area (Å²) in [4.78, 5) is 3.97. The average Bonchev–Trinajstić information content (AvgIpc) is 2.59. The Bertz CT molecular complexity index is 467. The maximum absolute atomic E-state index is 11.3. The zero-order valence-electron chi connectivity index (χ0n) is 8.42. The van der Waals surface area contributed by atoms with E-state index in [0.29, 0.717) is 5.82 Å². The quantitative estimate of drug-likeness (QED) is 0.699. The number of nitrogens with zero attached hydrogens (tertiary/aromatic N) is 3. The molecule has 1 atom stereocenters. The zero-order valence-corrected chi connectivity index (χ0v) is 9.24. The van der Waals surface area contributed by atoms with E-state index in [4.69, 9.17) is 0 Å². The normalized spacial score (nSPS) is 29.5. The Kier molecular flexibility index (Phi) is 2.31. The summed E-state index contributed by atoms with van der Waals surface area (Å²) in [5.41, 5.74) is -1.17. The van der Waals surface area contributed by atoms with E-state index >= 15 is 0 Å². The summed E-state index contributed by atoms with van der Waals surface area (Å²) < 4.78 is 24.1. The molecule has 0 aliphatic carbocycles. The van der Waals surface area contributed by atoms with Crippen molar-refractivity contribution in [3.05, 3.63) is 12.2 Å². The third-order valence-electron chi connectivity index (χ3n) is 2.66. The standard InChI is InChI=1S/C8H13N3O3S/c1-11-7(9-6-10-11)4-8(12)2-3-15(13,14)5-8/h6,12H,2-5H2,1H3. The Hall–Kier alpha value is -0.950. The number of sulfone groups is 1. The van der Waals surface area contributed by atoms with Gasteiger partial charge in [0, 0.05) is 13.5 Å². The van der Waals surface area contributed by atoms with E-state index in [1.807, 2.05) is 0 Å². The Morgan fingerprint density at radius 1 is 1.67 bits per heavy atom. The highest BCUT2D eigenvalue weighted by Gasteiger charge is 2.41. The second-order valence-electron chi connectivity index (χ2n) is 4.04. The summed E-state index contributed by atoms with van der Waals surface area (Å²) in [7, 11) is -1.36. The number of hydrogen-bond acceptors (Lipinski definition) is 5. The van der Waals surface area contributed by atoms with Crippen LogP contribution in [-0.4, -0.2) is 45.4 Å². The van der Waals surface area contributed by atoms with Crippen LogP contribution in [0.4, 0.5) is 0 Å². The molecule has 0 amide bonds. The third-order valence-corrected chi connectivity index (χ3v) is 4.46. The van der Waals surface area contributed by atoms with Gasteiger partial charge in [-0.3, -0.25) is 4.68 Å². The van der Waals surface area contributed by atoms with Crippen LogP contribution < -0.4 is 0 Å². The smallest absolute Gasteiger partial charge is 0.153 e. The van der Waals surface area contributed by atoms with E-state index in [1.165, 1.54) is 6.33 Å². The van der Waals surface area contributed by atoms with E-state index in [1.54, 1.807) is 11.7 Å². The van der Waals surface area contributed by atoms with E-state index in [-0.39, 0.29) is 24.3 Å². The Morgan fingerprint density at radius 3 is 2.87 bits per heavy atom. The fourth-order valence-corrected chi connectivity index (χ4v) is 3.71. The van der Waals surface area contributed by atoms with Crippen molar-refractivity contribution in [3.63, 3.8) is 0 Å². The monoisotopic (exact) mass is 231 g/mol. The summed E-state index contributed by atoms with van der Waals surface area (Å²) in [6.07, 6.45) is 1.91. The second kappa shape index (κ2) is 3.28. The average molecular weight is 231 g/mol. The summed E-state index contributed by atoms with van der Waals surface area (Å²) >= 11 is 0. The lowest BCUT2D eigenvalue weighted by Gasteiger charge is -2.19. The Morgan fingerprint density at radius 2 is 2.40 bits per heavy atom. The molecule has 1 unspecified atom stereocenters. The largest absolute Gasteiger partial charge is 0.388 e. The number of hydrogen-bond donors (Lipinski definition) is 1. The highest BCUT2D eigenvalue weighted by Crippen LogP contribution is 2.26. The number of rotatable bonds is 2. The van der Waals surface area contributed by atoms with Gasteiger partial charge in [-0.2, -0.15) is 5.10 Å². The van der Waals surface area contributed by atoms with Crippen molar-refractivity contribution in [2.75, 3.05) is 11.5 Å². The number of aryl methyl sites for hydroxylation is 1. The summed E-state index contributed by atoms with van der Waals surface area (Å²) in [5.74, 6) is 0.489. The van der Waals surface area contributed by atoms with Crippen LogP contribution in [0, 0.1) is 0 Å². The molecule has 1 aromatic heterocycles. The fraction of sp³-hybridized carbons (Fsp3) is 0.750. The minimum Gasteiger partial charge on any atom is -0.388 e. The molecule has 1 aliphatic rings. The van der Waals surface area contributed by atoms with Crippen LogP contribution in [0.3, 0.4) is 0 Å². The zero-order chi connectivity index (χ0) is 11.1. The molecule has 7 heteroatoms. The molecule has 0 bridgehead atoms. The highest BCUT2D eigenvalue weighted by molar-refractivity contribution is 7.91. The van der Waals surface area contributed by atoms with E-state index in [9.17, 15) is 13.5 Å². The minimum atomic E-state index is -3.08. The SMILES string of the molecule is Cn1ncnc1CC1(O)CCS(=O)(=O)C1. The summed E-state index contributed by atoms with van der Waals surface area (Å²) in [6, 6.07) is 0. The van der Waals surface area contributed by atoms with Crippen molar-refractivity contribution in [3.8, 4) is 0 Å². The predicted molar refractivity (Wildman–Crippen MR) is 52.9 cm³/mol. The topological polar surface area (TPSA) is 85.1 Å². The molecule has 2 heterocycles. The van der Waals surface area contributed by atoms with Crippen molar-refractivity contribution < 1.29 is 13.5 Å². The molecular formula is C8H13N3O3S. The van der Waals surface area contributed by atoms with Crippen molar-refractivity contribution in [2.45, 2.75) is 18.4 Å². The maximum atomic E-state index is 11.3. The molecule has 15 heavy (non-hydrogen) atoms. The molecule has 1 aromatic rings. The Balaban J connectivity index is 2.17. The summed E-state index contributed by atoms with van der Waals surface area (Å²) in [6.45, 7) is 0. The van der Waals surface area contributed by atoms with Gasteiger partial charge in [0.1, 0.15) is 12.2 Å². The highest BCUT2D eigenvalue weighted by atomic mass is 32.2.